The van der Waals surface area contributed by atoms with Crippen molar-refractivity contribution in [3.05, 3.63) is 12.2 Å². The zero-order valence-electron chi connectivity index (χ0n) is 13.3. The highest BCUT2D eigenvalue weighted by Crippen LogP contribution is 2.21. The first-order valence-electron chi connectivity index (χ1n) is 9.06. The molecule has 1 saturated carbocycles. The van der Waals surface area contributed by atoms with Gasteiger partial charge in [0.15, 0.2) is 0 Å². The highest BCUT2D eigenvalue weighted by atomic mass is 14.1. The fourth-order valence-corrected chi connectivity index (χ4v) is 3.37. The van der Waals surface area contributed by atoms with Gasteiger partial charge in [0, 0.05) is 0 Å². The van der Waals surface area contributed by atoms with Gasteiger partial charge in [-0.15, -0.1) is 0 Å². The summed E-state index contributed by atoms with van der Waals surface area (Å²) in [6.45, 7) is 2.18. The highest BCUT2D eigenvalue weighted by Gasteiger charge is 2.05. The Bertz CT molecular complexity index is 188. The normalized spacial score (nSPS) is 23.6. The van der Waals surface area contributed by atoms with Crippen molar-refractivity contribution in [1.29, 1.82) is 0 Å². The zero-order valence-corrected chi connectivity index (χ0v) is 13.3. The Balaban J connectivity index is 2.23. The average Bonchev–Trinajstić information content (AvgIpc) is 2.41. The van der Waals surface area contributed by atoms with Crippen LogP contribution in [0.5, 0.6) is 0 Å². The second-order valence-corrected chi connectivity index (χ2v) is 6.46. The van der Waals surface area contributed by atoms with Crippen LogP contribution in [0.25, 0.3) is 0 Å². The van der Waals surface area contributed by atoms with Gasteiger partial charge in [0.1, 0.15) is 0 Å². The van der Waals surface area contributed by atoms with Crippen molar-refractivity contribution < 1.29 is 0 Å². The maximum atomic E-state index is 2.46. The van der Waals surface area contributed by atoms with E-state index < -0.39 is 0 Å². The van der Waals surface area contributed by atoms with Gasteiger partial charge in [0.25, 0.3) is 0 Å². The van der Waals surface area contributed by atoms with Crippen molar-refractivity contribution in [3.63, 3.8) is 0 Å². The Kier molecular flexibility index (Phi) is 11.3. The molecule has 0 N–H and O–H groups in total. The highest BCUT2D eigenvalue weighted by molar-refractivity contribution is 4.85. The first kappa shape index (κ1) is 16.8. The van der Waals surface area contributed by atoms with Crippen LogP contribution in [0.1, 0.15) is 103 Å². The van der Waals surface area contributed by atoms with Gasteiger partial charge in [-0.2, -0.15) is 0 Å². The van der Waals surface area contributed by atoms with E-state index in [0.29, 0.717) is 0 Å². The van der Waals surface area contributed by atoms with E-state index in [-0.39, 0.29) is 0 Å². The van der Waals surface area contributed by atoms with Gasteiger partial charge < -0.3 is 0 Å². The fourth-order valence-electron chi connectivity index (χ4n) is 3.37. The molecule has 0 nitrogen and oxygen atoms in total. The number of rotatable bonds is 1. The largest absolute Gasteiger partial charge is 0.0914 e. The molecule has 1 aliphatic carbocycles. The van der Waals surface area contributed by atoms with Crippen LogP contribution in [-0.2, 0) is 0 Å². The molecule has 0 bridgehead atoms. The van der Waals surface area contributed by atoms with Crippen molar-refractivity contribution in [2.75, 3.05) is 0 Å². The molecular formula is C19H36. The predicted octanol–water partition coefficient (Wildman–Crippen LogP) is 7.04. The van der Waals surface area contributed by atoms with E-state index in [9.17, 15) is 0 Å². The van der Waals surface area contributed by atoms with Crippen LogP contribution in [0, 0.1) is 5.92 Å². The Labute approximate surface area is 122 Å². The van der Waals surface area contributed by atoms with Crippen LogP contribution >= 0.6 is 0 Å². The minimum Gasteiger partial charge on any atom is -0.0914 e. The van der Waals surface area contributed by atoms with Crippen LogP contribution in [0.15, 0.2) is 12.2 Å². The molecule has 1 fully saturated rings. The SMILES string of the molecule is CC=CC1CCCCCCCCCCCCCCC1. The van der Waals surface area contributed by atoms with Crippen molar-refractivity contribution in [3.8, 4) is 0 Å². The minimum atomic E-state index is 0.873. The quantitative estimate of drug-likeness (QED) is 0.445. The zero-order chi connectivity index (χ0) is 13.6. The lowest BCUT2D eigenvalue weighted by molar-refractivity contribution is 0.455. The molecule has 0 spiro atoms. The Morgan fingerprint density at radius 2 is 0.842 bits per heavy atom. The standard InChI is InChI=1S/C19H36/c1-2-16-19-17-14-12-10-8-6-4-3-5-7-9-11-13-15-18-19/h2,16,19H,3-15,17-18H2,1H3. The van der Waals surface area contributed by atoms with Gasteiger partial charge in [0.2, 0.25) is 0 Å². The average molecular weight is 264 g/mol. The van der Waals surface area contributed by atoms with Crippen LogP contribution in [0.3, 0.4) is 0 Å². The Morgan fingerprint density at radius 1 is 0.526 bits per heavy atom. The second-order valence-electron chi connectivity index (χ2n) is 6.46. The molecule has 0 unspecified atom stereocenters. The van der Waals surface area contributed by atoms with Crippen LogP contribution < -0.4 is 0 Å². The molecule has 112 valence electrons. The summed E-state index contributed by atoms with van der Waals surface area (Å²) in [5.74, 6) is 0.873. The van der Waals surface area contributed by atoms with Crippen LogP contribution in [0.2, 0.25) is 0 Å². The third-order valence-corrected chi connectivity index (χ3v) is 4.61. The summed E-state index contributed by atoms with van der Waals surface area (Å²) in [5.41, 5.74) is 0. The van der Waals surface area contributed by atoms with Gasteiger partial charge in [-0.3, -0.25) is 0 Å². The first-order chi connectivity index (χ1) is 9.43. The molecule has 0 atom stereocenters. The fraction of sp³-hybridized carbons (Fsp3) is 0.895. The van der Waals surface area contributed by atoms with Gasteiger partial charge >= 0.3 is 0 Å². The summed E-state index contributed by atoms with van der Waals surface area (Å²) in [4.78, 5) is 0. The molecule has 19 heavy (non-hydrogen) atoms. The third-order valence-electron chi connectivity index (χ3n) is 4.61. The molecule has 0 radical (unpaired) electrons. The predicted molar refractivity (Wildman–Crippen MR) is 87.6 cm³/mol. The van der Waals surface area contributed by atoms with E-state index in [1.165, 1.54) is 96.3 Å². The summed E-state index contributed by atoms with van der Waals surface area (Å²) >= 11 is 0. The lowest BCUT2D eigenvalue weighted by Crippen LogP contribution is -1.97. The molecule has 0 aromatic rings. The van der Waals surface area contributed by atoms with E-state index in [1.54, 1.807) is 0 Å². The van der Waals surface area contributed by atoms with Crippen molar-refractivity contribution >= 4 is 0 Å². The van der Waals surface area contributed by atoms with E-state index in [0.717, 1.165) is 5.92 Å². The minimum absolute atomic E-state index is 0.873. The third kappa shape index (κ3) is 10.2. The van der Waals surface area contributed by atoms with Gasteiger partial charge in [0.05, 0.1) is 0 Å². The molecular weight excluding hydrogens is 228 g/mol. The Hall–Kier alpha value is -0.260. The van der Waals surface area contributed by atoms with Crippen LogP contribution in [0.4, 0.5) is 0 Å². The maximum Gasteiger partial charge on any atom is -0.0234 e. The lowest BCUT2D eigenvalue weighted by Gasteiger charge is -2.13. The second kappa shape index (κ2) is 12.8. The van der Waals surface area contributed by atoms with Gasteiger partial charge in [-0.1, -0.05) is 95.6 Å². The van der Waals surface area contributed by atoms with Gasteiger partial charge in [-0.25, -0.2) is 0 Å². The number of allylic oxidation sites excluding steroid dienone is 2. The van der Waals surface area contributed by atoms with Crippen molar-refractivity contribution in [2.45, 2.75) is 103 Å². The molecule has 1 rings (SSSR count). The maximum absolute atomic E-state index is 2.46. The first-order valence-corrected chi connectivity index (χ1v) is 9.06. The monoisotopic (exact) mass is 264 g/mol. The molecule has 1 aliphatic rings. The Morgan fingerprint density at radius 3 is 1.16 bits per heavy atom. The van der Waals surface area contributed by atoms with E-state index in [4.69, 9.17) is 0 Å². The summed E-state index contributed by atoms with van der Waals surface area (Å²) in [5, 5.41) is 0. The molecule has 0 saturated heterocycles. The van der Waals surface area contributed by atoms with E-state index in [2.05, 4.69) is 19.1 Å². The van der Waals surface area contributed by atoms with E-state index in [1.807, 2.05) is 0 Å². The van der Waals surface area contributed by atoms with Gasteiger partial charge in [-0.05, 0) is 25.7 Å². The topological polar surface area (TPSA) is 0 Å². The molecule has 0 heteroatoms. The van der Waals surface area contributed by atoms with Crippen molar-refractivity contribution in [1.82, 2.24) is 0 Å². The number of hydrogen-bond donors (Lipinski definition) is 0. The summed E-state index contributed by atoms with van der Waals surface area (Å²) in [6, 6.07) is 0. The number of hydrogen-bond acceptors (Lipinski definition) is 0. The summed E-state index contributed by atoms with van der Waals surface area (Å²) < 4.78 is 0. The molecule has 0 aliphatic heterocycles. The molecule has 0 amide bonds. The van der Waals surface area contributed by atoms with Crippen molar-refractivity contribution in [2.24, 2.45) is 5.92 Å². The summed E-state index contributed by atoms with van der Waals surface area (Å²) in [6.07, 6.45) is 26.8. The molecule has 0 heterocycles. The van der Waals surface area contributed by atoms with E-state index >= 15 is 0 Å². The molecule has 0 aromatic carbocycles. The smallest absolute Gasteiger partial charge is 0.0234 e. The lowest BCUT2D eigenvalue weighted by atomic mass is 9.93. The van der Waals surface area contributed by atoms with Crippen LogP contribution in [-0.4, -0.2) is 0 Å². The summed E-state index contributed by atoms with van der Waals surface area (Å²) in [7, 11) is 0. The molecule has 0 aromatic heterocycles.